The van der Waals surface area contributed by atoms with Gasteiger partial charge in [-0.2, -0.15) is 0 Å². The van der Waals surface area contributed by atoms with Gasteiger partial charge in [-0.1, -0.05) is 0 Å². The molecular formula is C9H12N2O3. The maximum absolute atomic E-state index is 11.4. The second kappa shape index (κ2) is 3.08. The molecule has 0 bridgehead atoms. The fourth-order valence-electron chi connectivity index (χ4n) is 1.51. The van der Waals surface area contributed by atoms with Crippen LogP contribution in [0.1, 0.15) is 12.8 Å². The predicted molar refractivity (Wildman–Crippen MR) is 47.5 cm³/mol. The van der Waals surface area contributed by atoms with E-state index in [0.29, 0.717) is 0 Å². The second-order valence-electron chi connectivity index (χ2n) is 3.86. The number of likely N-dealkylation sites (N-methyl/N-ethyl adjacent to an activating group) is 1. The third-order valence-corrected chi connectivity index (χ3v) is 2.58. The Morgan fingerprint density at radius 2 is 2.07 bits per heavy atom. The highest BCUT2D eigenvalue weighted by atomic mass is 16.2. The van der Waals surface area contributed by atoms with Crippen molar-refractivity contribution in [2.24, 2.45) is 5.92 Å². The molecule has 0 atom stereocenters. The number of urea groups is 1. The van der Waals surface area contributed by atoms with E-state index in [1.807, 2.05) is 0 Å². The van der Waals surface area contributed by atoms with Crippen molar-refractivity contribution in [3.8, 4) is 0 Å². The van der Waals surface area contributed by atoms with Gasteiger partial charge in [0, 0.05) is 13.0 Å². The molecule has 0 radical (unpaired) electrons. The van der Waals surface area contributed by atoms with Gasteiger partial charge in [-0.25, -0.2) is 4.79 Å². The van der Waals surface area contributed by atoms with Gasteiger partial charge in [0.1, 0.15) is 6.54 Å². The molecule has 0 aromatic carbocycles. The van der Waals surface area contributed by atoms with Crippen molar-refractivity contribution in [3.63, 3.8) is 0 Å². The van der Waals surface area contributed by atoms with Gasteiger partial charge >= 0.3 is 6.03 Å². The summed E-state index contributed by atoms with van der Waals surface area (Å²) in [6.07, 6.45) is 1.82. The lowest BCUT2D eigenvalue weighted by Crippen LogP contribution is -2.36. The smallest absolute Gasteiger partial charge is 0.318 e. The number of rotatable bonds is 3. The lowest BCUT2D eigenvalue weighted by Gasteiger charge is -2.12. The number of carbonyl (C=O) groups excluding carboxylic acids is 3. The summed E-state index contributed by atoms with van der Waals surface area (Å²) in [4.78, 5) is 36.4. The van der Waals surface area contributed by atoms with Crippen LogP contribution in [-0.4, -0.2) is 47.7 Å². The maximum Gasteiger partial charge on any atom is 0.327 e. The minimum absolute atomic E-state index is 0.0157. The topological polar surface area (TPSA) is 57.7 Å². The summed E-state index contributed by atoms with van der Waals surface area (Å²) in [5.41, 5.74) is 0. The largest absolute Gasteiger partial charge is 0.327 e. The van der Waals surface area contributed by atoms with Crippen molar-refractivity contribution in [1.82, 2.24) is 9.80 Å². The van der Waals surface area contributed by atoms with Crippen molar-refractivity contribution < 1.29 is 14.4 Å². The molecule has 0 spiro atoms. The van der Waals surface area contributed by atoms with Crippen LogP contribution in [0.5, 0.6) is 0 Å². The minimum atomic E-state index is -0.357. The summed E-state index contributed by atoms with van der Waals surface area (Å²) in [6, 6.07) is -0.357. The highest BCUT2D eigenvalue weighted by Gasteiger charge is 2.38. The molecule has 5 heteroatoms. The van der Waals surface area contributed by atoms with Gasteiger partial charge in [0.15, 0.2) is 5.78 Å². The quantitative estimate of drug-likeness (QED) is 0.590. The Bertz CT molecular complexity index is 309. The summed E-state index contributed by atoms with van der Waals surface area (Å²) < 4.78 is 0. The zero-order valence-electron chi connectivity index (χ0n) is 8.02. The highest BCUT2D eigenvalue weighted by Crippen LogP contribution is 2.30. The number of amides is 3. The molecule has 1 saturated carbocycles. The first-order valence-corrected chi connectivity index (χ1v) is 4.68. The first-order chi connectivity index (χ1) is 6.59. The van der Waals surface area contributed by atoms with E-state index >= 15 is 0 Å². The number of Topliss-reactive ketones (excluding diaryl/α,β-unsaturated/α-hetero) is 1. The Kier molecular flexibility index (Phi) is 2.02. The molecule has 1 saturated heterocycles. The van der Waals surface area contributed by atoms with Crippen LogP contribution in [0.2, 0.25) is 0 Å². The van der Waals surface area contributed by atoms with Crippen LogP contribution in [0.15, 0.2) is 0 Å². The predicted octanol–water partition coefficient (Wildman–Crippen LogP) is -0.141. The average molecular weight is 196 g/mol. The van der Waals surface area contributed by atoms with E-state index in [4.69, 9.17) is 0 Å². The molecule has 14 heavy (non-hydrogen) atoms. The molecule has 76 valence electrons. The lowest BCUT2D eigenvalue weighted by atomic mass is 10.2. The zero-order chi connectivity index (χ0) is 10.3. The Labute approximate surface area is 81.7 Å². The van der Waals surface area contributed by atoms with Crippen molar-refractivity contribution >= 4 is 17.7 Å². The molecule has 1 aliphatic heterocycles. The highest BCUT2D eigenvalue weighted by molar-refractivity contribution is 6.05. The normalized spacial score (nSPS) is 22.1. The van der Waals surface area contributed by atoms with Crippen molar-refractivity contribution in [3.05, 3.63) is 0 Å². The third kappa shape index (κ3) is 1.49. The van der Waals surface area contributed by atoms with Crippen molar-refractivity contribution in [2.75, 3.05) is 20.1 Å². The SMILES string of the molecule is CN1CC(=O)N(CC(=O)C2CC2)C1=O. The summed E-state index contributed by atoms with van der Waals surface area (Å²) in [6.45, 7) is 0.0590. The molecule has 3 amide bonds. The van der Waals surface area contributed by atoms with E-state index in [9.17, 15) is 14.4 Å². The van der Waals surface area contributed by atoms with E-state index in [2.05, 4.69) is 0 Å². The molecule has 5 nitrogen and oxygen atoms in total. The van der Waals surface area contributed by atoms with Crippen LogP contribution in [-0.2, 0) is 9.59 Å². The van der Waals surface area contributed by atoms with Crippen LogP contribution >= 0.6 is 0 Å². The second-order valence-corrected chi connectivity index (χ2v) is 3.86. The van der Waals surface area contributed by atoms with E-state index in [-0.39, 0.29) is 36.7 Å². The van der Waals surface area contributed by atoms with Crippen LogP contribution in [0, 0.1) is 5.92 Å². The summed E-state index contributed by atoms with van der Waals surface area (Å²) in [5.74, 6) is -0.157. The molecule has 0 N–H and O–H groups in total. The fourth-order valence-corrected chi connectivity index (χ4v) is 1.51. The fraction of sp³-hybridized carbons (Fsp3) is 0.667. The molecule has 2 rings (SSSR count). The number of imide groups is 1. The third-order valence-electron chi connectivity index (χ3n) is 2.58. The first kappa shape index (κ1) is 9.18. The molecule has 1 aliphatic carbocycles. The molecule has 1 heterocycles. The van der Waals surface area contributed by atoms with Crippen molar-refractivity contribution in [1.29, 1.82) is 0 Å². The van der Waals surface area contributed by atoms with Gasteiger partial charge in [-0.05, 0) is 12.8 Å². The van der Waals surface area contributed by atoms with Gasteiger partial charge in [0.2, 0.25) is 0 Å². The lowest BCUT2D eigenvalue weighted by molar-refractivity contribution is -0.130. The van der Waals surface area contributed by atoms with Crippen LogP contribution in [0.4, 0.5) is 4.79 Å². The molecule has 0 aromatic rings. The number of carbonyl (C=O) groups is 3. The molecule has 2 aliphatic rings. The summed E-state index contributed by atoms with van der Waals surface area (Å²) >= 11 is 0. The van der Waals surface area contributed by atoms with E-state index in [1.165, 1.54) is 4.90 Å². The molecular weight excluding hydrogens is 184 g/mol. The maximum atomic E-state index is 11.4. The number of hydrogen-bond donors (Lipinski definition) is 0. The van der Waals surface area contributed by atoms with E-state index in [0.717, 1.165) is 17.7 Å². The Morgan fingerprint density at radius 3 is 2.50 bits per heavy atom. The zero-order valence-corrected chi connectivity index (χ0v) is 8.02. The summed E-state index contributed by atoms with van der Waals surface area (Å²) in [5, 5.41) is 0. The van der Waals surface area contributed by atoms with Gasteiger partial charge in [-0.15, -0.1) is 0 Å². The Hall–Kier alpha value is -1.39. The molecule has 0 aromatic heterocycles. The van der Waals surface area contributed by atoms with E-state index < -0.39 is 0 Å². The monoisotopic (exact) mass is 196 g/mol. The Balaban J connectivity index is 1.99. The van der Waals surface area contributed by atoms with Crippen LogP contribution < -0.4 is 0 Å². The first-order valence-electron chi connectivity index (χ1n) is 4.68. The molecule has 2 fully saturated rings. The van der Waals surface area contributed by atoms with E-state index in [1.54, 1.807) is 7.05 Å². The number of ketones is 1. The minimum Gasteiger partial charge on any atom is -0.318 e. The van der Waals surface area contributed by atoms with Crippen LogP contribution in [0.25, 0.3) is 0 Å². The number of hydrogen-bond acceptors (Lipinski definition) is 3. The van der Waals surface area contributed by atoms with Crippen LogP contribution in [0.3, 0.4) is 0 Å². The van der Waals surface area contributed by atoms with Crippen molar-refractivity contribution in [2.45, 2.75) is 12.8 Å². The standard InChI is InChI=1S/C9H12N2O3/c1-10-5-8(13)11(9(10)14)4-7(12)6-2-3-6/h6H,2-5H2,1H3. The average Bonchev–Trinajstić information content (AvgIpc) is 2.91. The molecule has 0 unspecified atom stereocenters. The van der Waals surface area contributed by atoms with Gasteiger partial charge in [-0.3, -0.25) is 14.5 Å². The van der Waals surface area contributed by atoms with Gasteiger partial charge in [0.05, 0.1) is 6.54 Å². The summed E-state index contributed by atoms with van der Waals surface area (Å²) in [7, 11) is 1.56. The number of nitrogens with zero attached hydrogens (tertiary/aromatic N) is 2. The Morgan fingerprint density at radius 1 is 1.43 bits per heavy atom. The van der Waals surface area contributed by atoms with Gasteiger partial charge in [0.25, 0.3) is 5.91 Å². The van der Waals surface area contributed by atoms with Gasteiger partial charge < -0.3 is 4.90 Å².